The summed E-state index contributed by atoms with van der Waals surface area (Å²) < 4.78 is 0. The van der Waals surface area contributed by atoms with Gasteiger partial charge < -0.3 is 5.73 Å². The molecule has 1 heteroatoms. The van der Waals surface area contributed by atoms with Crippen molar-refractivity contribution < 1.29 is 0 Å². The Balaban J connectivity index is 1.75. The summed E-state index contributed by atoms with van der Waals surface area (Å²) in [5, 5.41) is 0. The molecule has 0 spiro atoms. The molecule has 1 aliphatic rings. The molecule has 0 saturated heterocycles. The lowest BCUT2D eigenvalue weighted by Crippen LogP contribution is -2.47. The lowest BCUT2D eigenvalue weighted by Gasteiger charge is -2.35. The fourth-order valence-corrected chi connectivity index (χ4v) is 3.40. The van der Waals surface area contributed by atoms with Crippen molar-refractivity contribution in [3.63, 3.8) is 0 Å². The topological polar surface area (TPSA) is 26.0 Å². The number of hydrogen-bond donors (Lipinski definition) is 1. The van der Waals surface area contributed by atoms with Crippen molar-refractivity contribution >= 4 is 0 Å². The predicted octanol–water partition coefficient (Wildman–Crippen LogP) is 4.24. The van der Waals surface area contributed by atoms with Crippen molar-refractivity contribution in [2.75, 3.05) is 0 Å². The highest BCUT2D eigenvalue weighted by Crippen LogP contribution is 2.30. The molecule has 0 aromatic heterocycles. The van der Waals surface area contributed by atoms with Gasteiger partial charge in [-0.25, -0.2) is 0 Å². The molecule has 0 fully saturated rings. The Morgan fingerprint density at radius 1 is 1.00 bits per heavy atom. The summed E-state index contributed by atoms with van der Waals surface area (Å²) in [6.45, 7) is 4.47. The largest absolute Gasteiger partial charge is 0.324 e. The number of rotatable bonds is 3. The number of benzene rings is 2. The van der Waals surface area contributed by atoms with E-state index in [9.17, 15) is 0 Å². The van der Waals surface area contributed by atoms with Gasteiger partial charge in [0, 0.05) is 5.54 Å². The summed E-state index contributed by atoms with van der Waals surface area (Å²) in [5.74, 6) is 0.590. The fourth-order valence-electron chi connectivity index (χ4n) is 3.40. The maximum Gasteiger partial charge on any atom is 0.0239 e. The molecule has 21 heavy (non-hydrogen) atoms. The summed E-state index contributed by atoms with van der Waals surface area (Å²) in [4.78, 5) is 0. The quantitative estimate of drug-likeness (QED) is 0.893. The minimum absolute atomic E-state index is 0.0896. The van der Waals surface area contributed by atoms with Crippen LogP contribution < -0.4 is 5.73 Å². The average molecular weight is 279 g/mol. The summed E-state index contributed by atoms with van der Waals surface area (Å²) in [5.41, 5.74) is 12.3. The third-order valence-electron chi connectivity index (χ3n) is 4.76. The van der Waals surface area contributed by atoms with E-state index in [0.717, 1.165) is 25.7 Å². The second kappa shape index (κ2) is 5.65. The zero-order valence-corrected chi connectivity index (χ0v) is 13.1. The van der Waals surface area contributed by atoms with Crippen LogP contribution in [0.5, 0.6) is 0 Å². The molecule has 0 aliphatic heterocycles. The lowest BCUT2D eigenvalue weighted by molar-refractivity contribution is 0.369. The van der Waals surface area contributed by atoms with Gasteiger partial charge >= 0.3 is 0 Å². The van der Waals surface area contributed by atoms with Gasteiger partial charge in [-0.3, -0.25) is 0 Å². The number of fused-ring (bicyclic) bond motifs is 1. The van der Waals surface area contributed by atoms with Crippen LogP contribution in [0, 0.1) is 0 Å². The van der Waals surface area contributed by atoms with E-state index in [-0.39, 0.29) is 5.54 Å². The van der Waals surface area contributed by atoms with Crippen LogP contribution in [0.1, 0.15) is 48.4 Å². The zero-order chi connectivity index (χ0) is 14.9. The van der Waals surface area contributed by atoms with Gasteiger partial charge in [0.05, 0.1) is 0 Å². The molecule has 0 saturated carbocycles. The van der Waals surface area contributed by atoms with Crippen molar-refractivity contribution in [3.8, 4) is 0 Å². The van der Waals surface area contributed by atoms with Crippen LogP contribution in [0.2, 0.25) is 0 Å². The number of hydrogen-bond acceptors (Lipinski definition) is 1. The molecule has 0 amide bonds. The highest BCUT2D eigenvalue weighted by atomic mass is 14.7. The number of nitrogens with two attached hydrogens (primary N) is 1. The minimum atomic E-state index is -0.0896. The molecule has 1 nitrogen and oxygen atoms in total. The predicted molar refractivity (Wildman–Crippen MR) is 89.6 cm³/mol. The monoisotopic (exact) mass is 279 g/mol. The molecular formula is C20H25N. The molecule has 110 valence electrons. The van der Waals surface area contributed by atoms with E-state index >= 15 is 0 Å². The third-order valence-corrected chi connectivity index (χ3v) is 4.76. The Hall–Kier alpha value is -1.60. The zero-order valence-electron chi connectivity index (χ0n) is 13.1. The van der Waals surface area contributed by atoms with Crippen molar-refractivity contribution in [2.45, 2.75) is 51.0 Å². The van der Waals surface area contributed by atoms with E-state index < -0.39 is 0 Å². The van der Waals surface area contributed by atoms with Gasteiger partial charge in [0.2, 0.25) is 0 Å². The molecular weight excluding hydrogens is 254 g/mol. The SMILES string of the molecule is CC(C)c1ccc(CC2(N)CCc3ccccc3C2)cc1. The lowest BCUT2D eigenvalue weighted by atomic mass is 9.75. The second-order valence-electron chi connectivity index (χ2n) is 6.88. The van der Waals surface area contributed by atoms with Crippen LogP contribution in [0.25, 0.3) is 0 Å². The fraction of sp³-hybridized carbons (Fsp3) is 0.400. The Morgan fingerprint density at radius 3 is 2.33 bits per heavy atom. The highest BCUT2D eigenvalue weighted by Gasteiger charge is 2.30. The average Bonchev–Trinajstić information content (AvgIpc) is 2.47. The van der Waals surface area contributed by atoms with Gasteiger partial charge in [0.15, 0.2) is 0 Å². The molecule has 3 rings (SSSR count). The number of aryl methyl sites for hydroxylation is 1. The first kappa shape index (κ1) is 14.3. The maximum atomic E-state index is 6.70. The van der Waals surface area contributed by atoms with Gasteiger partial charge in [-0.1, -0.05) is 62.4 Å². The summed E-state index contributed by atoms with van der Waals surface area (Å²) in [6.07, 6.45) is 4.15. The van der Waals surface area contributed by atoms with Crippen molar-refractivity contribution in [2.24, 2.45) is 5.73 Å². The van der Waals surface area contributed by atoms with Crippen LogP contribution in [0.3, 0.4) is 0 Å². The van der Waals surface area contributed by atoms with Crippen molar-refractivity contribution in [1.82, 2.24) is 0 Å². The normalized spacial score (nSPS) is 21.3. The van der Waals surface area contributed by atoms with E-state index in [1.165, 1.54) is 22.3 Å². The van der Waals surface area contributed by atoms with E-state index in [1.807, 2.05) is 0 Å². The van der Waals surface area contributed by atoms with Crippen LogP contribution in [0.15, 0.2) is 48.5 Å². The molecule has 2 aromatic carbocycles. The molecule has 2 aromatic rings. The Labute approximate surface area is 128 Å². The summed E-state index contributed by atoms with van der Waals surface area (Å²) >= 11 is 0. The molecule has 0 radical (unpaired) electrons. The Morgan fingerprint density at radius 2 is 1.67 bits per heavy atom. The van der Waals surface area contributed by atoms with E-state index in [4.69, 9.17) is 5.73 Å². The van der Waals surface area contributed by atoms with E-state index in [2.05, 4.69) is 62.4 Å². The van der Waals surface area contributed by atoms with E-state index in [1.54, 1.807) is 0 Å². The minimum Gasteiger partial charge on any atom is -0.324 e. The second-order valence-corrected chi connectivity index (χ2v) is 6.88. The van der Waals surface area contributed by atoms with Crippen molar-refractivity contribution in [1.29, 1.82) is 0 Å². The van der Waals surface area contributed by atoms with Gasteiger partial charge in [-0.2, -0.15) is 0 Å². The summed E-state index contributed by atoms with van der Waals surface area (Å²) in [7, 11) is 0. The van der Waals surface area contributed by atoms with Crippen LogP contribution in [-0.2, 0) is 19.3 Å². The molecule has 0 bridgehead atoms. The van der Waals surface area contributed by atoms with E-state index in [0.29, 0.717) is 5.92 Å². The Kier molecular flexibility index (Phi) is 3.86. The maximum absolute atomic E-state index is 6.70. The van der Waals surface area contributed by atoms with Gasteiger partial charge in [-0.05, 0) is 53.9 Å². The Bertz CT molecular complexity index is 612. The van der Waals surface area contributed by atoms with Crippen LogP contribution in [-0.4, -0.2) is 5.54 Å². The first-order chi connectivity index (χ1) is 10.1. The third kappa shape index (κ3) is 3.19. The van der Waals surface area contributed by atoms with Crippen molar-refractivity contribution in [3.05, 3.63) is 70.8 Å². The standard InChI is InChI=1S/C20H25N/c1-15(2)17-9-7-16(8-10-17)13-20(21)12-11-18-5-3-4-6-19(18)14-20/h3-10,15H,11-14,21H2,1-2H3. The first-order valence-corrected chi connectivity index (χ1v) is 8.00. The molecule has 1 unspecified atom stereocenters. The summed E-state index contributed by atoms with van der Waals surface area (Å²) in [6, 6.07) is 17.7. The smallest absolute Gasteiger partial charge is 0.0239 e. The highest BCUT2D eigenvalue weighted by molar-refractivity contribution is 5.34. The molecule has 1 atom stereocenters. The van der Waals surface area contributed by atoms with Crippen LogP contribution in [0.4, 0.5) is 0 Å². The molecule has 2 N–H and O–H groups in total. The van der Waals surface area contributed by atoms with Gasteiger partial charge in [-0.15, -0.1) is 0 Å². The molecule has 1 aliphatic carbocycles. The van der Waals surface area contributed by atoms with Gasteiger partial charge in [0.1, 0.15) is 0 Å². The van der Waals surface area contributed by atoms with Crippen LogP contribution >= 0.6 is 0 Å². The molecule has 0 heterocycles. The van der Waals surface area contributed by atoms with Gasteiger partial charge in [0.25, 0.3) is 0 Å². The first-order valence-electron chi connectivity index (χ1n) is 8.00.